The number of ether oxygens (including phenoxy) is 1. The first-order valence-electron chi connectivity index (χ1n) is 6.71. The van der Waals surface area contributed by atoms with Crippen molar-refractivity contribution >= 4 is 11.4 Å². The van der Waals surface area contributed by atoms with Gasteiger partial charge < -0.3 is 15.0 Å². The van der Waals surface area contributed by atoms with Gasteiger partial charge in [-0.2, -0.15) is 0 Å². The zero-order valence-corrected chi connectivity index (χ0v) is 11.1. The van der Waals surface area contributed by atoms with Crippen molar-refractivity contribution in [3.05, 3.63) is 56.3 Å². The van der Waals surface area contributed by atoms with Crippen LogP contribution < -0.4 is 21.1 Å². The Balaban J connectivity index is 1.75. The first-order valence-corrected chi connectivity index (χ1v) is 6.71. The van der Waals surface area contributed by atoms with Crippen LogP contribution in [0.15, 0.2) is 39.9 Å². The standard InChI is InChI=1S/C15H16N2O3/c18-14-12(16-10-11-4-2-1-3-5-11)13(15(14)19)17-6-8-20-9-7-17/h1-5,16H,6-10H2. The molecule has 1 aliphatic rings. The Morgan fingerprint density at radius 2 is 1.75 bits per heavy atom. The second kappa shape index (κ2) is 5.46. The number of hydrogen-bond acceptors (Lipinski definition) is 5. The van der Waals surface area contributed by atoms with Gasteiger partial charge in [0.05, 0.1) is 13.2 Å². The monoisotopic (exact) mass is 272 g/mol. The lowest BCUT2D eigenvalue weighted by atomic mass is 10.1. The molecule has 0 amide bonds. The minimum absolute atomic E-state index is 0.387. The van der Waals surface area contributed by atoms with Gasteiger partial charge in [0.2, 0.25) is 0 Å². The van der Waals surface area contributed by atoms with E-state index in [0.717, 1.165) is 5.56 Å². The smallest absolute Gasteiger partial charge is 0.253 e. The summed E-state index contributed by atoms with van der Waals surface area (Å²) in [5.74, 6) is 0. The molecular formula is C15H16N2O3. The van der Waals surface area contributed by atoms with E-state index in [4.69, 9.17) is 4.74 Å². The van der Waals surface area contributed by atoms with Crippen molar-refractivity contribution < 1.29 is 4.74 Å². The minimum Gasteiger partial charge on any atom is -0.378 e. The zero-order valence-electron chi connectivity index (χ0n) is 11.1. The van der Waals surface area contributed by atoms with Crippen LogP contribution >= 0.6 is 0 Å². The molecule has 20 heavy (non-hydrogen) atoms. The Hall–Kier alpha value is -2.14. The van der Waals surface area contributed by atoms with Crippen molar-refractivity contribution in [3.8, 4) is 0 Å². The molecule has 0 unspecified atom stereocenters. The zero-order chi connectivity index (χ0) is 13.9. The van der Waals surface area contributed by atoms with E-state index in [-0.39, 0.29) is 5.43 Å². The summed E-state index contributed by atoms with van der Waals surface area (Å²) in [6.45, 7) is 3.05. The fraction of sp³-hybridized carbons (Fsp3) is 0.333. The van der Waals surface area contributed by atoms with E-state index in [0.29, 0.717) is 44.2 Å². The van der Waals surface area contributed by atoms with E-state index in [1.807, 2.05) is 35.2 Å². The summed E-state index contributed by atoms with van der Waals surface area (Å²) in [5, 5.41) is 3.09. The van der Waals surface area contributed by atoms with Gasteiger partial charge in [0.15, 0.2) is 0 Å². The van der Waals surface area contributed by atoms with E-state index in [1.54, 1.807) is 0 Å². The fourth-order valence-corrected chi connectivity index (χ4v) is 2.42. The average Bonchev–Trinajstić information content (AvgIpc) is 2.52. The van der Waals surface area contributed by atoms with Gasteiger partial charge >= 0.3 is 0 Å². The van der Waals surface area contributed by atoms with Crippen LogP contribution in [-0.2, 0) is 11.3 Å². The third-order valence-electron chi connectivity index (χ3n) is 3.52. The van der Waals surface area contributed by atoms with Crippen LogP contribution in [0.25, 0.3) is 0 Å². The predicted molar refractivity (Wildman–Crippen MR) is 78.2 cm³/mol. The molecule has 0 aromatic heterocycles. The van der Waals surface area contributed by atoms with Crippen molar-refractivity contribution in [2.45, 2.75) is 6.54 Å². The van der Waals surface area contributed by atoms with Crippen molar-refractivity contribution in [2.75, 3.05) is 36.5 Å². The Bertz CT molecular complexity index is 653. The number of rotatable bonds is 4. The molecule has 0 spiro atoms. The number of hydrogen-bond donors (Lipinski definition) is 1. The number of benzene rings is 1. The molecule has 1 fully saturated rings. The molecule has 0 aliphatic carbocycles. The molecule has 2 aromatic carbocycles. The highest BCUT2D eigenvalue weighted by atomic mass is 16.5. The van der Waals surface area contributed by atoms with E-state index in [9.17, 15) is 9.59 Å². The Morgan fingerprint density at radius 1 is 1.05 bits per heavy atom. The molecule has 1 saturated heterocycles. The largest absolute Gasteiger partial charge is 0.378 e. The van der Waals surface area contributed by atoms with Crippen LogP contribution in [0.4, 0.5) is 11.4 Å². The first kappa shape index (κ1) is 12.9. The lowest BCUT2D eigenvalue weighted by Gasteiger charge is -2.30. The molecule has 1 heterocycles. The van der Waals surface area contributed by atoms with Crippen molar-refractivity contribution in [3.63, 3.8) is 0 Å². The summed E-state index contributed by atoms with van der Waals surface area (Å²) in [7, 11) is 0. The molecule has 2 aromatic rings. The van der Waals surface area contributed by atoms with Crippen LogP contribution in [0.2, 0.25) is 0 Å². The maximum atomic E-state index is 11.8. The topological polar surface area (TPSA) is 58.6 Å². The van der Waals surface area contributed by atoms with Crippen molar-refractivity contribution in [1.29, 1.82) is 0 Å². The second-order valence-corrected chi connectivity index (χ2v) is 4.82. The van der Waals surface area contributed by atoms with Gasteiger partial charge in [-0.1, -0.05) is 30.3 Å². The summed E-state index contributed by atoms with van der Waals surface area (Å²) >= 11 is 0. The SMILES string of the molecule is O=c1c(NCc2ccccc2)c(N2CCOCC2)c1=O. The number of nitrogens with zero attached hydrogens (tertiary/aromatic N) is 1. The van der Waals surface area contributed by atoms with Crippen LogP contribution in [0.3, 0.4) is 0 Å². The quantitative estimate of drug-likeness (QED) is 0.832. The maximum Gasteiger partial charge on any atom is 0.253 e. The lowest BCUT2D eigenvalue weighted by molar-refractivity contribution is 0.122. The molecule has 1 aliphatic heterocycles. The predicted octanol–water partition coefficient (Wildman–Crippen LogP) is 0.731. The van der Waals surface area contributed by atoms with Crippen LogP contribution in [0.5, 0.6) is 0 Å². The molecule has 0 atom stereocenters. The molecule has 0 radical (unpaired) electrons. The van der Waals surface area contributed by atoms with E-state index in [1.165, 1.54) is 0 Å². The Kier molecular flexibility index (Phi) is 3.52. The highest BCUT2D eigenvalue weighted by Crippen LogP contribution is 2.21. The molecule has 0 bridgehead atoms. The van der Waals surface area contributed by atoms with Gasteiger partial charge in [-0.05, 0) is 5.56 Å². The summed E-state index contributed by atoms with van der Waals surface area (Å²) < 4.78 is 5.26. The summed E-state index contributed by atoms with van der Waals surface area (Å²) in [6, 6.07) is 9.80. The summed E-state index contributed by atoms with van der Waals surface area (Å²) in [5.41, 5.74) is 1.24. The van der Waals surface area contributed by atoms with Crippen LogP contribution in [0.1, 0.15) is 5.56 Å². The third kappa shape index (κ3) is 2.32. The molecule has 1 N–H and O–H groups in total. The third-order valence-corrected chi connectivity index (χ3v) is 3.52. The molecule has 5 nitrogen and oxygen atoms in total. The molecule has 104 valence electrons. The van der Waals surface area contributed by atoms with Gasteiger partial charge in [-0.25, -0.2) is 0 Å². The van der Waals surface area contributed by atoms with Crippen molar-refractivity contribution in [1.82, 2.24) is 0 Å². The molecule has 5 heteroatoms. The first-order chi connectivity index (χ1) is 9.77. The Labute approximate surface area is 116 Å². The number of morpholine rings is 1. The fourth-order valence-electron chi connectivity index (χ4n) is 2.42. The van der Waals surface area contributed by atoms with Gasteiger partial charge in [0.25, 0.3) is 10.9 Å². The van der Waals surface area contributed by atoms with Gasteiger partial charge in [-0.3, -0.25) is 9.59 Å². The lowest BCUT2D eigenvalue weighted by Crippen LogP contribution is -2.46. The highest BCUT2D eigenvalue weighted by molar-refractivity contribution is 5.75. The highest BCUT2D eigenvalue weighted by Gasteiger charge is 2.26. The Morgan fingerprint density at radius 3 is 2.45 bits per heavy atom. The van der Waals surface area contributed by atoms with E-state index in [2.05, 4.69) is 5.32 Å². The summed E-state index contributed by atoms with van der Waals surface area (Å²) in [6.07, 6.45) is 0. The molecule has 0 saturated carbocycles. The van der Waals surface area contributed by atoms with Crippen molar-refractivity contribution in [2.24, 2.45) is 0 Å². The van der Waals surface area contributed by atoms with Gasteiger partial charge in [-0.15, -0.1) is 0 Å². The van der Waals surface area contributed by atoms with Crippen LogP contribution in [-0.4, -0.2) is 26.3 Å². The normalized spacial score (nSPS) is 15.5. The van der Waals surface area contributed by atoms with Gasteiger partial charge in [0, 0.05) is 19.6 Å². The van der Waals surface area contributed by atoms with E-state index < -0.39 is 5.43 Å². The summed E-state index contributed by atoms with van der Waals surface area (Å²) in [4.78, 5) is 25.4. The maximum absolute atomic E-state index is 11.8. The van der Waals surface area contributed by atoms with Crippen LogP contribution in [0, 0.1) is 0 Å². The van der Waals surface area contributed by atoms with E-state index >= 15 is 0 Å². The second-order valence-electron chi connectivity index (χ2n) is 4.82. The molecular weight excluding hydrogens is 256 g/mol. The minimum atomic E-state index is -0.414. The number of anilines is 2. The molecule has 3 rings (SSSR count). The van der Waals surface area contributed by atoms with Gasteiger partial charge in [0.1, 0.15) is 11.4 Å². The average molecular weight is 272 g/mol. The number of nitrogens with one attached hydrogen (secondary N) is 1.